The fraction of sp³-hybridized carbons (Fsp3) is 0.447. The minimum absolute atomic E-state index is 0.0439. The van der Waals surface area contributed by atoms with Gasteiger partial charge in [0.1, 0.15) is 11.5 Å². The molecule has 3 aromatic carbocycles. The van der Waals surface area contributed by atoms with E-state index in [9.17, 15) is 10.2 Å². The molecule has 0 aliphatic heterocycles. The van der Waals surface area contributed by atoms with E-state index in [-0.39, 0.29) is 22.7 Å². The van der Waals surface area contributed by atoms with Crippen molar-refractivity contribution in [1.29, 1.82) is 0 Å². The van der Waals surface area contributed by atoms with Crippen molar-refractivity contribution < 1.29 is 10.2 Å². The van der Waals surface area contributed by atoms with Crippen LogP contribution in [0.5, 0.6) is 5.75 Å². The Morgan fingerprint density at radius 1 is 0.686 bits per heavy atom. The Hall–Kier alpha value is -3.44. The van der Waals surface area contributed by atoms with Crippen molar-refractivity contribution >= 4 is 23.5 Å². The fourth-order valence-corrected chi connectivity index (χ4v) is 10.2. The van der Waals surface area contributed by atoms with Crippen molar-refractivity contribution in [2.45, 2.75) is 109 Å². The molecular weight excluding hydrogens is 661 g/mol. The molecule has 0 saturated heterocycles. The van der Waals surface area contributed by atoms with Gasteiger partial charge in [-0.05, 0) is 71.4 Å². The second-order valence-electron chi connectivity index (χ2n) is 16.3. The highest BCUT2D eigenvalue weighted by molar-refractivity contribution is 8.03. The van der Waals surface area contributed by atoms with E-state index in [2.05, 4.69) is 90.4 Å². The topological polar surface area (TPSA) is 40.5 Å². The summed E-state index contributed by atoms with van der Waals surface area (Å²) in [6.07, 6.45) is 9.70. The molecule has 51 heavy (non-hydrogen) atoms. The molecule has 1 saturated carbocycles. The molecule has 2 N–H and O–H groups in total. The summed E-state index contributed by atoms with van der Waals surface area (Å²) < 4.78 is 0. The third-order valence-corrected chi connectivity index (χ3v) is 13.4. The van der Waals surface area contributed by atoms with Gasteiger partial charge in [-0.25, -0.2) is 0 Å². The normalized spacial score (nSPS) is 21.4. The number of thioether (sulfide) groups is 2. The maximum atomic E-state index is 11.7. The van der Waals surface area contributed by atoms with Crippen molar-refractivity contribution in [3.63, 3.8) is 0 Å². The lowest BCUT2D eigenvalue weighted by atomic mass is 9.68. The molecule has 3 aromatic rings. The van der Waals surface area contributed by atoms with Gasteiger partial charge in [0.15, 0.2) is 0 Å². The molecule has 0 radical (unpaired) electrons. The summed E-state index contributed by atoms with van der Waals surface area (Å²) in [5.41, 5.74) is 6.63. The van der Waals surface area contributed by atoms with Gasteiger partial charge in [0.2, 0.25) is 0 Å². The molecule has 0 spiro atoms. The highest BCUT2D eigenvalue weighted by Crippen LogP contribution is 2.45. The van der Waals surface area contributed by atoms with Gasteiger partial charge in [-0.1, -0.05) is 146 Å². The lowest BCUT2D eigenvalue weighted by Crippen LogP contribution is -2.30. The highest BCUT2D eigenvalue weighted by Gasteiger charge is 2.36. The summed E-state index contributed by atoms with van der Waals surface area (Å²) in [6, 6.07) is 24.3. The second kappa shape index (κ2) is 17.4. The number of aliphatic hydroxyl groups excluding tert-OH is 1. The van der Waals surface area contributed by atoms with Gasteiger partial charge >= 0.3 is 0 Å². The van der Waals surface area contributed by atoms with Crippen LogP contribution < -0.4 is 0 Å². The number of rotatable bonds is 6. The number of hydrogen-bond acceptors (Lipinski definition) is 4. The molecule has 4 atom stereocenters. The maximum absolute atomic E-state index is 11.7. The number of phenols is 1. The van der Waals surface area contributed by atoms with E-state index in [0.29, 0.717) is 27.6 Å². The van der Waals surface area contributed by atoms with E-state index >= 15 is 0 Å². The molecule has 2 aliphatic carbocycles. The minimum Gasteiger partial charge on any atom is -0.507 e. The number of phenolic OH excluding ortho intramolecular Hbond substituents is 1. The largest absolute Gasteiger partial charge is 0.507 e. The first-order valence-electron chi connectivity index (χ1n) is 18.7. The van der Waals surface area contributed by atoms with E-state index < -0.39 is 0 Å². The van der Waals surface area contributed by atoms with Crippen LogP contribution >= 0.6 is 23.5 Å². The molecule has 0 bridgehead atoms. The van der Waals surface area contributed by atoms with Crippen LogP contribution in [0.1, 0.15) is 115 Å². The molecule has 2 nitrogen and oxygen atoms in total. The molecule has 0 heterocycles. The van der Waals surface area contributed by atoms with E-state index in [0.717, 1.165) is 39.3 Å². The van der Waals surface area contributed by atoms with Crippen LogP contribution in [0.15, 0.2) is 95.8 Å². The SMILES string of the molecule is CC1C(C#Cc2ccccc2)=C(O)C(CSC2CCCCCC[C@@H]2SCc2cc(C(C)(C)C)cc(C#Cc3ccccc3)c2O)=CC1C(C)(C)C. The van der Waals surface area contributed by atoms with Crippen molar-refractivity contribution in [2.75, 3.05) is 5.75 Å². The monoisotopic (exact) mass is 716 g/mol. The summed E-state index contributed by atoms with van der Waals surface area (Å²) in [6.45, 7) is 15.8. The van der Waals surface area contributed by atoms with Gasteiger partial charge in [0.05, 0.1) is 5.56 Å². The third kappa shape index (κ3) is 10.6. The van der Waals surface area contributed by atoms with Crippen LogP contribution in [0, 0.1) is 40.9 Å². The van der Waals surface area contributed by atoms with Crippen LogP contribution in [0.4, 0.5) is 0 Å². The van der Waals surface area contributed by atoms with Crippen LogP contribution in [-0.4, -0.2) is 26.5 Å². The van der Waals surface area contributed by atoms with Crippen molar-refractivity contribution in [2.24, 2.45) is 17.3 Å². The Labute approximate surface area is 317 Å². The smallest absolute Gasteiger partial charge is 0.135 e. The highest BCUT2D eigenvalue weighted by atomic mass is 32.2. The van der Waals surface area contributed by atoms with Gasteiger partial charge in [0.25, 0.3) is 0 Å². The average Bonchev–Trinajstić information content (AvgIpc) is 3.08. The molecule has 0 amide bonds. The van der Waals surface area contributed by atoms with Gasteiger partial charge in [-0.15, -0.1) is 0 Å². The molecule has 0 aromatic heterocycles. The van der Waals surface area contributed by atoms with Crippen LogP contribution in [0.3, 0.4) is 0 Å². The molecule has 1 fully saturated rings. The first-order valence-corrected chi connectivity index (χ1v) is 20.8. The van der Waals surface area contributed by atoms with Crippen molar-refractivity contribution in [1.82, 2.24) is 0 Å². The lowest BCUT2D eigenvalue weighted by molar-refractivity contribution is 0.229. The number of aliphatic hydroxyl groups is 1. The number of aromatic hydroxyl groups is 1. The third-order valence-electron chi connectivity index (χ3n) is 10.3. The van der Waals surface area contributed by atoms with Crippen LogP contribution in [0.25, 0.3) is 0 Å². The quantitative estimate of drug-likeness (QED) is 0.249. The summed E-state index contributed by atoms with van der Waals surface area (Å²) in [4.78, 5) is 0. The molecule has 268 valence electrons. The first-order chi connectivity index (χ1) is 24.3. The predicted octanol–water partition coefficient (Wildman–Crippen LogP) is 12.2. The summed E-state index contributed by atoms with van der Waals surface area (Å²) in [5, 5.41) is 24.2. The van der Waals surface area contributed by atoms with Crippen LogP contribution in [-0.2, 0) is 11.2 Å². The molecule has 2 aliphatic rings. The van der Waals surface area contributed by atoms with Gasteiger partial charge in [-0.3, -0.25) is 0 Å². The van der Waals surface area contributed by atoms with Crippen molar-refractivity contribution in [3.8, 4) is 29.4 Å². The predicted molar refractivity (Wildman–Crippen MR) is 221 cm³/mol. The van der Waals surface area contributed by atoms with Crippen molar-refractivity contribution in [3.05, 3.63) is 124 Å². The summed E-state index contributed by atoms with van der Waals surface area (Å²) >= 11 is 4.00. The van der Waals surface area contributed by atoms with Gasteiger partial charge < -0.3 is 10.2 Å². The fourth-order valence-electron chi connectivity index (χ4n) is 7.14. The average molecular weight is 717 g/mol. The van der Waals surface area contributed by atoms with E-state index in [1.165, 1.54) is 44.1 Å². The number of benzene rings is 3. The maximum Gasteiger partial charge on any atom is 0.135 e. The zero-order valence-corrected chi connectivity index (χ0v) is 33.3. The minimum atomic E-state index is -0.0646. The molecular formula is C47H56O2S2. The Morgan fingerprint density at radius 2 is 1.24 bits per heavy atom. The Balaban J connectivity index is 1.38. The molecule has 3 unspecified atom stereocenters. The van der Waals surface area contributed by atoms with E-state index in [1.54, 1.807) is 0 Å². The Bertz CT molecular complexity index is 1820. The number of hydrogen-bond donors (Lipinski definition) is 2. The van der Waals surface area contributed by atoms with E-state index in [4.69, 9.17) is 0 Å². The van der Waals surface area contributed by atoms with E-state index in [1.807, 2.05) is 84.2 Å². The Kier molecular flexibility index (Phi) is 13.2. The van der Waals surface area contributed by atoms with Gasteiger partial charge in [-0.2, -0.15) is 23.5 Å². The first kappa shape index (κ1) is 38.8. The number of allylic oxidation sites excluding steroid dienone is 3. The zero-order valence-electron chi connectivity index (χ0n) is 31.7. The van der Waals surface area contributed by atoms with Gasteiger partial charge in [0, 0.05) is 49.8 Å². The summed E-state index contributed by atoms with van der Waals surface area (Å²) in [7, 11) is 0. The molecule has 4 heteroatoms. The Morgan fingerprint density at radius 3 is 1.78 bits per heavy atom. The second-order valence-corrected chi connectivity index (χ2v) is 18.8. The molecule has 5 rings (SSSR count). The lowest BCUT2D eigenvalue weighted by Gasteiger charge is -2.37. The standard InChI is InChI=1S/C47H56O2S2/c1-33-40(27-25-35-20-14-11-15-21-35)45(49)38(30-41(33)47(5,6)7)32-51-43-23-17-9-8-16-22-42(43)50-31-37-29-39(46(2,3)4)28-36(44(37)48)26-24-34-18-12-10-13-19-34/h10-15,18-21,28-30,33,41-43,48-49H,8-9,16-17,22-23,31-32H2,1-7H3/t33?,41?,42-,43?/m0/s1. The summed E-state index contributed by atoms with van der Waals surface area (Å²) in [5.74, 6) is 15.9. The van der Waals surface area contributed by atoms with Crippen LogP contribution in [0.2, 0.25) is 0 Å². The zero-order chi connectivity index (χ0) is 36.6.